The van der Waals surface area contributed by atoms with Crippen LogP contribution >= 0.6 is 11.5 Å². The lowest BCUT2D eigenvalue weighted by Crippen LogP contribution is -2.32. The van der Waals surface area contributed by atoms with Crippen LogP contribution in [0.25, 0.3) is 10.2 Å². The van der Waals surface area contributed by atoms with E-state index in [-0.39, 0.29) is 11.2 Å². The molecule has 0 spiro atoms. The van der Waals surface area contributed by atoms with Gasteiger partial charge in [-0.15, -0.1) is 0 Å². The molecule has 2 aromatic rings. The van der Waals surface area contributed by atoms with Gasteiger partial charge in [0.2, 0.25) is 0 Å². The molecule has 6 heteroatoms. The molecule has 0 unspecified atom stereocenters. The summed E-state index contributed by atoms with van der Waals surface area (Å²) in [6.45, 7) is 2.19. The van der Waals surface area contributed by atoms with Crippen LogP contribution < -0.4 is 11.2 Å². The summed E-state index contributed by atoms with van der Waals surface area (Å²) >= 11 is 1.20. The second kappa shape index (κ2) is 6.14. The van der Waals surface area contributed by atoms with Gasteiger partial charge in [-0.2, -0.15) is 4.37 Å². The third kappa shape index (κ3) is 2.94. The molecule has 0 bridgehead atoms. The Kier molecular flexibility index (Phi) is 4.52. The Morgan fingerprint density at radius 2 is 1.95 bits per heavy atom. The number of aromatic nitrogens is 3. The van der Waals surface area contributed by atoms with E-state index in [1.807, 2.05) is 0 Å². The Bertz CT molecular complexity index is 669. The third-order valence-corrected chi connectivity index (χ3v) is 4.12. The van der Waals surface area contributed by atoms with Crippen molar-refractivity contribution < 1.29 is 0 Å². The fourth-order valence-corrected chi connectivity index (χ4v) is 2.95. The summed E-state index contributed by atoms with van der Waals surface area (Å²) in [5, 5.41) is 0.586. The van der Waals surface area contributed by atoms with Crippen LogP contribution in [0, 0.1) is 0 Å². The van der Waals surface area contributed by atoms with Gasteiger partial charge in [0.15, 0.2) is 0 Å². The number of unbranched alkanes of at least 4 members (excludes halogenated alkanes) is 4. The second-order valence-corrected chi connectivity index (χ2v) is 5.57. The number of hydrogen-bond acceptors (Lipinski definition) is 4. The maximum atomic E-state index is 12.1. The predicted octanol–water partition coefficient (Wildman–Crippen LogP) is 2.20. The molecule has 0 aromatic carbocycles. The van der Waals surface area contributed by atoms with E-state index >= 15 is 0 Å². The largest absolute Gasteiger partial charge is 0.329 e. The highest BCUT2D eigenvalue weighted by atomic mass is 32.1. The van der Waals surface area contributed by atoms with Gasteiger partial charge in [0, 0.05) is 7.05 Å². The molecule has 0 saturated heterocycles. The van der Waals surface area contributed by atoms with Crippen molar-refractivity contribution >= 4 is 21.7 Å². The van der Waals surface area contributed by atoms with Gasteiger partial charge < -0.3 is 0 Å². The van der Waals surface area contributed by atoms with Gasteiger partial charge in [-0.3, -0.25) is 14.3 Å². The monoisotopic (exact) mass is 281 g/mol. The number of aromatic amines is 1. The van der Waals surface area contributed by atoms with Crippen LogP contribution in [0.3, 0.4) is 0 Å². The normalized spacial score (nSPS) is 11.3. The summed E-state index contributed by atoms with van der Waals surface area (Å²) in [7, 11) is 1.49. The number of aryl methyl sites for hydroxylation is 1. The molecule has 0 saturated carbocycles. The SMILES string of the molecule is CCCCCCCc1nsc2[nH]c(=O)n(C)c(=O)c12. The molecule has 19 heavy (non-hydrogen) atoms. The van der Waals surface area contributed by atoms with Crippen LogP contribution in [-0.2, 0) is 13.5 Å². The van der Waals surface area contributed by atoms with Crippen LogP contribution in [0.1, 0.15) is 44.7 Å². The highest BCUT2D eigenvalue weighted by molar-refractivity contribution is 7.12. The lowest BCUT2D eigenvalue weighted by atomic mass is 10.1. The number of fused-ring (bicyclic) bond motifs is 1. The lowest BCUT2D eigenvalue weighted by molar-refractivity contribution is 0.630. The first-order valence-electron chi connectivity index (χ1n) is 6.72. The summed E-state index contributed by atoms with van der Waals surface area (Å²) in [6, 6.07) is 0. The van der Waals surface area contributed by atoms with Crippen LogP contribution in [0.5, 0.6) is 0 Å². The average molecular weight is 281 g/mol. The molecule has 2 heterocycles. The Labute approximate surface area is 115 Å². The fourth-order valence-electron chi connectivity index (χ4n) is 2.14. The zero-order valence-corrected chi connectivity index (χ0v) is 12.2. The van der Waals surface area contributed by atoms with Gasteiger partial charge in [-0.05, 0) is 24.4 Å². The molecule has 0 fully saturated rings. The molecular formula is C13H19N3O2S. The first-order valence-corrected chi connectivity index (χ1v) is 7.50. The van der Waals surface area contributed by atoms with E-state index in [1.54, 1.807) is 0 Å². The quantitative estimate of drug-likeness (QED) is 0.825. The Balaban J connectivity index is 2.19. The lowest BCUT2D eigenvalue weighted by Gasteiger charge is -2.00. The van der Waals surface area contributed by atoms with Crippen molar-refractivity contribution in [2.75, 3.05) is 0 Å². The zero-order chi connectivity index (χ0) is 13.8. The van der Waals surface area contributed by atoms with E-state index in [2.05, 4.69) is 16.3 Å². The Morgan fingerprint density at radius 3 is 2.68 bits per heavy atom. The van der Waals surface area contributed by atoms with Crippen LogP contribution in [-0.4, -0.2) is 13.9 Å². The number of H-pyrrole nitrogens is 1. The van der Waals surface area contributed by atoms with Crippen molar-refractivity contribution in [2.24, 2.45) is 7.05 Å². The first-order chi connectivity index (χ1) is 9.15. The molecule has 5 nitrogen and oxygen atoms in total. The van der Waals surface area contributed by atoms with Gasteiger partial charge in [-0.1, -0.05) is 32.6 Å². The molecule has 0 amide bonds. The summed E-state index contributed by atoms with van der Waals surface area (Å²) < 4.78 is 5.42. The minimum Gasteiger partial charge on any atom is -0.297 e. The number of hydrogen-bond donors (Lipinski definition) is 1. The standard InChI is InChI=1S/C13H19N3O2S/c1-3-4-5-6-7-8-9-10-11(19-15-9)14-13(18)16(2)12(10)17/h3-8H2,1-2H3,(H,14,18). The third-order valence-electron chi connectivity index (χ3n) is 3.32. The van der Waals surface area contributed by atoms with Gasteiger partial charge in [-0.25, -0.2) is 4.79 Å². The minimum absolute atomic E-state index is 0.240. The van der Waals surface area contributed by atoms with Crippen LogP contribution in [0.4, 0.5) is 0 Å². The number of rotatable bonds is 6. The highest BCUT2D eigenvalue weighted by Crippen LogP contribution is 2.18. The summed E-state index contributed by atoms with van der Waals surface area (Å²) in [4.78, 5) is 26.8. The predicted molar refractivity (Wildman–Crippen MR) is 77.9 cm³/mol. The molecule has 0 aliphatic rings. The van der Waals surface area contributed by atoms with Crippen LogP contribution in [0.2, 0.25) is 0 Å². The molecule has 0 aliphatic heterocycles. The molecule has 104 valence electrons. The van der Waals surface area contributed by atoms with E-state index in [9.17, 15) is 9.59 Å². The van der Waals surface area contributed by atoms with E-state index in [0.29, 0.717) is 10.2 Å². The van der Waals surface area contributed by atoms with Gasteiger partial charge in [0.25, 0.3) is 5.56 Å². The topological polar surface area (TPSA) is 67.8 Å². The molecule has 2 rings (SSSR count). The smallest absolute Gasteiger partial charge is 0.297 e. The van der Waals surface area contributed by atoms with Gasteiger partial charge in [0.05, 0.1) is 11.1 Å². The minimum atomic E-state index is -0.379. The number of nitrogens with one attached hydrogen (secondary N) is 1. The highest BCUT2D eigenvalue weighted by Gasteiger charge is 2.12. The van der Waals surface area contributed by atoms with Crippen molar-refractivity contribution in [3.05, 3.63) is 26.5 Å². The zero-order valence-electron chi connectivity index (χ0n) is 11.4. The van der Waals surface area contributed by atoms with Crippen molar-refractivity contribution in [3.63, 3.8) is 0 Å². The second-order valence-electron chi connectivity index (χ2n) is 4.79. The molecule has 0 atom stereocenters. The van der Waals surface area contributed by atoms with Crippen molar-refractivity contribution in [3.8, 4) is 0 Å². The average Bonchev–Trinajstić information content (AvgIpc) is 2.79. The van der Waals surface area contributed by atoms with Gasteiger partial charge in [0.1, 0.15) is 4.83 Å². The van der Waals surface area contributed by atoms with Crippen molar-refractivity contribution in [1.29, 1.82) is 0 Å². The van der Waals surface area contributed by atoms with Crippen LogP contribution in [0.15, 0.2) is 9.59 Å². The van der Waals surface area contributed by atoms with E-state index in [4.69, 9.17) is 0 Å². The molecule has 0 aliphatic carbocycles. The van der Waals surface area contributed by atoms with E-state index in [0.717, 1.165) is 29.5 Å². The summed E-state index contributed by atoms with van der Waals surface area (Å²) in [5.41, 5.74) is 0.208. The summed E-state index contributed by atoms with van der Waals surface area (Å²) in [5.74, 6) is 0. The van der Waals surface area contributed by atoms with Crippen molar-refractivity contribution in [1.82, 2.24) is 13.9 Å². The Morgan fingerprint density at radius 1 is 1.21 bits per heavy atom. The first kappa shape index (κ1) is 14.0. The van der Waals surface area contributed by atoms with Gasteiger partial charge >= 0.3 is 5.69 Å². The van der Waals surface area contributed by atoms with Crippen molar-refractivity contribution in [2.45, 2.75) is 45.4 Å². The maximum Gasteiger partial charge on any atom is 0.329 e. The number of nitrogens with zero attached hydrogens (tertiary/aromatic N) is 2. The van der Waals surface area contributed by atoms with E-state index < -0.39 is 0 Å². The molecular weight excluding hydrogens is 262 g/mol. The molecule has 1 N–H and O–H groups in total. The van der Waals surface area contributed by atoms with E-state index in [1.165, 1.54) is 37.8 Å². The molecule has 2 aromatic heterocycles. The Hall–Kier alpha value is -1.43. The maximum absolute atomic E-state index is 12.1. The summed E-state index contributed by atoms with van der Waals surface area (Å²) in [6.07, 6.45) is 6.73. The molecule has 0 radical (unpaired) electrons. The fraction of sp³-hybridized carbons (Fsp3) is 0.615.